The zero-order valence-electron chi connectivity index (χ0n) is 12.8. The van der Waals surface area contributed by atoms with Crippen molar-refractivity contribution in [1.82, 2.24) is 14.8 Å². The van der Waals surface area contributed by atoms with Crippen LogP contribution in [0, 0.1) is 0 Å². The van der Waals surface area contributed by atoms with E-state index >= 15 is 0 Å². The maximum absolute atomic E-state index is 6.48. The second-order valence-electron chi connectivity index (χ2n) is 5.60. The molecule has 1 aliphatic rings. The van der Waals surface area contributed by atoms with Crippen molar-refractivity contribution in [3.8, 4) is 0 Å². The van der Waals surface area contributed by atoms with Gasteiger partial charge in [0.25, 0.3) is 0 Å². The Balaban J connectivity index is 1.98. The molecule has 1 atom stereocenters. The molecule has 0 radical (unpaired) electrons. The zero-order chi connectivity index (χ0) is 15.6. The number of hydrogen-bond donors (Lipinski definition) is 0. The summed E-state index contributed by atoms with van der Waals surface area (Å²) in [6.07, 6.45) is 4.82. The average Bonchev–Trinajstić information content (AvgIpc) is 3.17. The highest BCUT2D eigenvalue weighted by molar-refractivity contribution is 6.30. The van der Waals surface area contributed by atoms with Gasteiger partial charge in [0.05, 0.1) is 13.2 Å². The summed E-state index contributed by atoms with van der Waals surface area (Å²) in [5.41, 5.74) is 0.459. The van der Waals surface area contributed by atoms with Crippen molar-refractivity contribution in [2.45, 2.75) is 44.6 Å². The maximum Gasteiger partial charge on any atom is 0.169 e. The predicted octanol–water partition coefficient (Wildman–Crippen LogP) is 3.39. The molecule has 1 aliphatic heterocycles. The van der Waals surface area contributed by atoms with Gasteiger partial charge in [0.1, 0.15) is 18.3 Å². The van der Waals surface area contributed by atoms with Crippen LogP contribution in [0.15, 0.2) is 36.9 Å². The van der Waals surface area contributed by atoms with Crippen LogP contribution in [0.3, 0.4) is 0 Å². The van der Waals surface area contributed by atoms with Gasteiger partial charge in [-0.25, -0.2) is 9.67 Å². The van der Waals surface area contributed by atoms with Crippen LogP contribution in [-0.2, 0) is 21.6 Å². The van der Waals surface area contributed by atoms with Gasteiger partial charge in [-0.1, -0.05) is 37.6 Å². The number of nitrogens with zero attached hydrogens (tertiary/aromatic N) is 3. The summed E-state index contributed by atoms with van der Waals surface area (Å²) in [5.74, 6) is -0.541. The van der Waals surface area contributed by atoms with E-state index in [2.05, 4.69) is 23.9 Å². The smallest absolute Gasteiger partial charge is 0.169 e. The molecule has 0 aliphatic carbocycles. The van der Waals surface area contributed by atoms with Gasteiger partial charge < -0.3 is 9.47 Å². The molecular weight excluding hydrogens is 302 g/mol. The SMILES string of the molecule is CCC1(CC)OCC(Cn2cncn2)(c2ccc(Cl)cc2)O1. The van der Waals surface area contributed by atoms with E-state index in [0.29, 0.717) is 18.2 Å². The second kappa shape index (κ2) is 5.99. The first-order chi connectivity index (χ1) is 10.6. The minimum atomic E-state index is -0.579. The van der Waals surface area contributed by atoms with Crippen LogP contribution in [0.25, 0.3) is 0 Å². The van der Waals surface area contributed by atoms with E-state index in [0.717, 1.165) is 18.4 Å². The molecule has 0 saturated carbocycles. The fourth-order valence-corrected chi connectivity index (χ4v) is 3.03. The molecule has 2 aromatic rings. The Morgan fingerprint density at radius 1 is 1.23 bits per heavy atom. The van der Waals surface area contributed by atoms with Crippen molar-refractivity contribution in [3.63, 3.8) is 0 Å². The lowest BCUT2D eigenvalue weighted by atomic mass is 9.94. The molecular formula is C16H20ClN3O2. The minimum Gasteiger partial charge on any atom is -0.346 e. The first-order valence-corrected chi connectivity index (χ1v) is 7.92. The summed E-state index contributed by atoms with van der Waals surface area (Å²) >= 11 is 6.02. The highest BCUT2D eigenvalue weighted by Gasteiger charge is 2.50. The highest BCUT2D eigenvalue weighted by atomic mass is 35.5. The molecule has 6 heteroatoms. The lowest BCUT2D eigenvalue weighted by Gasteiger charge is -2.32. The Morgan fingerprint density at radius 3 is 2.50 bits per heavy atom. The fourth-order valence-electron chi connectivity index (χ4n) is 2.90. The maximum atomic E-state index is 6.48. The van der Waals surface area contributed by atoms with Gasteiger partial charge in [-0.05, 0) is 30.5 Å². The summed E-state index contributed by atoms with van der Waals surface area (Å²) in [6, 6.07) is 7.73. The monoisotopic (exact) mass is 321 g/mol. The molecule has 1 saturated heterocycles. The molecule has 3 rings (SSSR count). The third-order valence-corrected chi connectivity index (χ3v) is 4.53. The Kier molecular flexibility index (Phi) is 4.21. The van der Waals surface area contributed by atoms with Crippen molar-refractivity contribution < 1.29 is 9.47 Å². The largest absolute Gasteiger partial charge is 0.346 e. The number of rotatable bonds is 5. The molecule has 22 heavy (non-hydrogen) atoms. The predicted molar refractivity (Wildman–Crippen MR) is 83.5 cm³/mol. The lowest BCUT2D eigenvalue weighted by molar-refractivity contribution is -0.196. The summed E-state index contributed by atoms with van der Waals surface area (Å²) in [5, 5.41) is 4.92. The molecule has 1 unspecified atom stereocenters. The Labute approximate surface area is 135 Å². The molecule has 2 heterocycles. The van der Waals surface area contributed by atoms with E-state index in [1.165, 1.54) is 6.33 Å². The van der Waals surface area contributed by atoms with Crippen LogP contribution < -0.4 is 0 Å². The van der Waals surface area contributed by atoms with Gasteiger partial charge in [0, 0.05) is 5.02 Å². The van der Waals surface area contributed by atoms with Crippen LogP contribution in [0.2, 0.25) is 5.02 Å². The Morgan fingerprint density at radius 2 is 1.95 bits per heavy atom. The summed E-state index contributed by atoms with van der Waals surface area (Å²) in [7, 11) is 0. The highest BCUT2D eigenvalue weighted by Crippen LogP contribution is 2.43. The van der Waals surface area contributed by atoms with Gasteiger partial charge in [0.2, 0.25) is 0 Å². The minimum absolute atomic E-state index is 0.482. The van der Waals surface area contributed by atoms with Gasteiger partial charge >= 0.3 is 0 Å². The van der Waals surface area contributed by atoms with E-state index in [1.807, 2.05) is 24.3 Å². The lowest BCUT2D eigenvalue weighted by Crippen LogP contribution is -2.38. The van der Waals surface area contributed by atoms with Crippen LogP contribution in [0.4, 0.5) is 0 Å². The van der Waals surface area contributed by atoms with Crippen molar-refractivity contribution >= 4 is 11.6 Å². The van der Waals surface area contributed by atoms with Crippen LogP contribution in [0.1, 0.15) is 32.3 Å². The molecule has 0 amide bonds. The normalized spacial score (nSPS) is 23.8. The average molecular weight is 322 g/mol. The Bertz CT molecular complexity index is 611. The van der Waals surface area contributed by atoms with Crippen molar-refractivity contribution in [2.24, 2.45) is 0 Å². The molecule has 0 N–H and O–H groups in total. The molecule has 1 aromatic heterocycles. The number of hydrogen-bond acceptors (Lipinski definition) is 4. The van der Waals surface area contributed by atoms with Gasteiger partial charge in [0.15, 0.2) is 5.79 Å². The topological polar surface area (TPSA) is 49.2 Å². The van der Waals surface area contributed by atoms with Crippen LogP contribution in [-0.4, -0.2) is 27.2 Å². The third kappa shape index (κ3) is 2.76. The molecule has 0 spiro atoms. The quantitative estimate of drug-likeness (QED) is 0.847. The Hall–Kier alpha value is -1.43. The van der Waals surface area contributed by atoms with Crippen molar-refractivity contribution in [2.75, 3.05) is 6.61 Å². The zero-order valence-corrected chi connectivity index (χ0v) is 13.6. The summed E-state index contributed by atoms with van der Waals surface area (Å²) in [4.78, 5) is 4.01. The van der Waals surface area contributed by atoms with Crippen molar-refractivity contribution in [1.29, 1.82) is 0 Å². The molecule has 1 fully saturated rings. The standard InChI is InChI=1S/C16H20ClN3O2/c1-3-16(4-2)21-10-15(22-16,9-20-12-18-11-19-20)13-5-7-14(17)8-6-13/h5-8,11-12H,3-4,9-10H2,1-2H3. The van der Waals surface area contributed by atoms with Crippen LogP contribution in [0.5, 0.6) is 0 Å². The van der Waals surface area contributed by atoms with Crippen LogP contribution >= 0.6 is 11.6 Å². The van der Waals surface area contributed by atoms with Gasteiger partial charge in [-0.15, -0.1) is 0 Å². The van der Waals surface area contributed by atoms with Crippen molar-refractivity contribution in [3.05, 3.63) is 47.5 Å². The van der Waals surface area contributed by atoms with E-state index in [9.17, 15) is 0 Å². The van der Waals surface area contributed by atoms with E-state index in [1.54, 1.807) is 11.0 Å². The number of benzene rings is 1. The molecule has 5 nitrogen and oxygen atoms in total. The first kappa shape index (κ1) is 15.5. The molecule has 1 aromatic carbocycles. The van der Waals surface area contributed by atoms with E-state index in [-0.39, 0.29) is 0 Å². The van der Waals surface area contributed by atoms with Gasteiger partial charge in [-0.2, -0.15) is 5.10 Å². The third-order valence-electron chi connectivity index (χ3n) is 4.28. The molecule has 0 bridgehead atoms. The fraction of sp³-hybridized carbons (Fsp3) is 0.500. The van der Waals surface area contributed by atoms with E-state index < -0.39 is 11.4 Å². The summed E-state index contributed by atoms with van der Waals surface area (Å²) in [6.45, 7) is 5.19. The number of halogens is 1. The summed E-state index contributed by atoms with van der Waals surface area (Å²) < 4.78 is 14.3. The molecule has 118 valence electrons. The first-order valence-electron chi connectivity index (χ1n) is 7.54. The second-order valence-corrected chi connectivity index (χ2v) is 6.04. The number of aromatic nitrogens is 3. The van der Waals surface area contributed by atoms with Gasteiger partial charge in [-0.3, -0.25) is 0 Å². The number of ether oxygens (including phenoxy) is 2. The van der Waals surface area contributed by atoms with E-state index in [4.69, 9.17) is 21.1 Å².